The average molecular weight is 411 g/mol. The number of carbonyl (C=O) groups is 2. The van der Waals surface area contributed by atoms with Gasteiger partial charge in [-0.2, -0.15) is 0 Å². The molecule has 0 saturated carbocycles. The third-order valence-corrected chi connectivity index (χ3v) is 5.12. The Hall–Kier alpha value is -2.82. The zero-order chi connectivity index (χ0) is 22.1. The summed E-state index contributed by atoms with van der Waals surface area (Å²) in [6, 6.07) is 15.3. The number of likely N-dealkylation sites (N-methyl/N-ethyl adjacent to an activating group) is 1. The van der Waals surface area contributed by atoms with Crippen LogP contribution in [0.25, 0.3) is 0 Å². The predicted octanol–water partition coefficient (Wildman–Crippen LogP) is 4.44. The van der Waals surface area contributed by atoms with Crippen molar-refractivity contribution in [2.45, 2.75) is 59.5 Å². The van der Waals surface area contributed by atoms with Gasteiger partial charge in [0.25, 0.3) is 5.91 Å². The lowest BCUT2D eigenvalue weighted by Gasteiger charge is -2.30. The van der Waals surface area contributed by atoms with E-state index in [1.54, 1.807) is 4.90 Å². The van der Waals surface area contributed by atoms with E-state index in [-0.39, 0.29) is 18.4 Å². The molecule has 0 aromatic heterocycles. The predicted molar refractivity (Wildman–Crippen MR) is 121 cm³/mol. The van der Waals surface area contributed by atoms with Crippen LogP contribution < -0.4 is 10.1 Å². The van der Waals surface area contributed by atoms with Gasteiger partial charge in [0, 0.05) is 13.1 Å². The molecular weight excluding hydrogens is 376 g/mol. The first-order valence-corrected chi connectivity index (χ1v) is 10.7. The van der Waals surface area contributed by atoms with Crippen molar-refractivity contribution in [2.75, 3.05) is 13.2 Å². The minimum absolute atomic E-state index is 0.108. The standard InChI is InChI=1S/C25H34N2O3/c1-6-23(25(29)26-7-2)27(16-20-10-8-19(5)9-11-20)24(28)17-30-22-14-12-21(13-15-22)18(3)4/h8-15,18,23H,6-7,16-17H2,1-5H3,(H,26,29). The van der Waals surface area contributed by atoms with Crippen LogP contribution in [0.15, 0.2) is 48.5 Å². The summed E-state index contributed by atoms with van der Waals surface area (Å²) < 4.78 is 5.75. The highest BCUT2D eigenvalue weighted by Crippen LogP contribution is 2.19. The highest BCUT2D eigenvalue weighted by molar-refractivity contribution is 5.88. The van der Waals surface area contributed by atoms with E-state index < -0.39 is 6.04 Å². The molecule has 2 aromatic carbocycles. The molecule has 162 valence electrons. The van der Waals surface area contributed by atoms with Crippen LogP contribution in [0.3, 0.4) is 0 Å². The van der Waals surface area contributed by atoms with Crippen molar-refractivity contribution < 1.29 is 14.3 Å². The molecule has 0 spiro atoms. The Morgan fingerprint density at radius 2 is 1.63 bits per heavy atom. The molecule has 0 aliphatic carbocycles. The molecule has 0 fully saturated rings. The number of hydrogen-bond donors (Lipinski definition) is 1. The first-order valence-electron chi connectivity index (χ1n) is 10.7. The monoisotopic (exact) mass is 410 g/mol. The van der Waals surface area contributed by atoms with Crippen LogP contribution >= 0.6 is 0 Å². The molecule has 0 aliphatic heterocycles. The van der Waals surface area contributed by atoms with Crippen LogP contribution in [0.5, 0.6) is 5.75 Å². The second-order valence-corrected chi connectivity index (χ2v) is 7.84. The van der Waals surface area contributed by atoms with Crippen LogP contribution in [0, 0.1) is 6.92 Å². The Balaban J connectivity index is 2.15. The molecule has 2 amide bonds. The number of nitrogens with zero attached hydrogens (tertiary/aromatic N) is 1. The van der Waals surface area contributed by atoms with Gasteiger partial charge in [0.05, 0.1) is 0 Å². The maximum atomic E-state index is 13.1. The normalized spacial score (nSPS) is 11.8. The van der Waals surface area contributed by atoms with Gasteiger partial charge in [0.1, 0.15) is 11.8 Å². The Morgan fingerprint density at radius 3 is 2.17 bits per heavy atom. The fourth-order valence-corrected chi connectivity index (χ4v) is 3.28. The van der Waals surface area contributed by atoms with Crippen molar-refractivity contribution >= 4 is 11.8 Å². The molecule has 1 unspecified atom stereocenters. The van der Waals surface area contributed by atoms with Crippen LogP contribution in [-0.4, -0.2) is 35.9 Å². The summed E-state index contributed by atoms with van der Waals surface area (Å²) >= 11 is 0. The number of rotatable bonds is 10. The lowest BCUT2D eigenvalue weighted by molar-refractivity contribution is -0.142. The molecule has 5 nitrogen and oxygen atoms in total. The van der Waals surface area contributed by atoms with Gasteiger partial charge in [-0.05, 0) is 49.4 Å². The second kappa shape index (κ2) is 11.4. The van der Waals surface area contributed by atoms with Crippen LogP contribution in [0.2, 0.25) is 0 Å². The molecule has 0 heterocycles. The minimum atomic E-state index is -0.536. The Morgan fingerprint density at radius 1 is 1.00 bits per heavy atom. The van der Waals surface area contributed by atoms with Gasteiger partial charge < -0.3 is 15.0 Å². The first kappa shape index (κ1) is 23.5. The van der Waals surface area contributed by atoms with E-state index in [9.17, 15) is 9.59 Å². The van der Waals surface area contributed by atoms with E-state index in [0.29, 0.717) is 31.2 Å². The van der Waals surface area contributed by atoms with Gasteiger partial charge in [0.15, 0.2) is 6.61 Å². The van der Waals surface area contributed by atoms with Gasteiger partial charge >= 0.3 is 0 Å². The zero-order valence-corrected chi connectivity index (χ0v) is 18.8. The zero-order valence-electron chi connectivity index (χ0n) is 18.8. The molecule has 0 aliphatic rings. The fraction of sp³-hybridized carbons (Fsp3) is 0.440. The van der Waals surface area contributed by atoms with Crippen molar-refractivity contribution in [2.24, 2.45) is 0 Å². The van der Waals surface area contributed by atoms with E-state index >= 15 is 0 Å². The SMILES string of the molecule is CCNC(=O)C(CC)N(Cc1ccc(C)cc1)C(=O)COc1ccc(C(C)C)cc1. The van der Waals surface area contributed by atoms with Gasteiger partial charge in [-0.1, -0.05) is 62.7 Å². The number of nitrogens with one attached hydrogen (secondary N) is 1. The first-order chi connectivity index (χ1) is 14.3. The molecule has 0 bridgehead atoms. The highest BCUT2D eigenvalue weighted by Gasteiger charge is 2.28. The van der Waals surface area contributed by atoms with Crippen LogP contribution in [0.1, 0.15) is 56.7 Å². The molecule has 1 atom stereocenters. The molecule has 2 aromatic rings. The lowest BCUT2D eigenvalue weighted by Crippen LogP contribution is -2.50. The second-order valence-electron chi connectivity index (χ2n) is 7.84. The number of carbonyl (C=O) groups excluding carboxylic acids is 2. The van der Waals surface area contributed by atoms with Gasteiger partial charge in [0.2, 0.25) is 5.91 Å². The number of ether oxygens (including phenoxy) is 1. The molecule has 1 N–H and O–H groups in total. The molecule has 0 radical (unpaired) electrons. The maximum absolute atomic E-state index is 13.1. The summed E-state index contributed by atoms with van der Waals surface area (Å²) in [5.41, 5.74) is 3.36. The van der Waals surface area contributed by atoms with E-state index in [4.69, 9.17) is 4.74 Å². The molecule has 30 heavy (non-hydrogen) atoms. The number of amides is 2. The van der Waals surface area contributed by atoms with E-state index in [1.807, 2.05) is 69.3 Å². The highest BCUT2D eigenvalue weighted by atomic mass is 16.5. The summed E-state index contributed by atoms with van der Waals surface area (Å²) in [5, 5.41) is 2.84. The summed E-state index contributed by atoms with van der Waals surface area (Å²) in [7, 11) is 0. The number of aryl methyl sites for hydroxylation is 1. The van der Waals surface area contributed by atoms with Crippen molar-refractivity contribution in [1.82, 2.24) is 10.2 Å². The smallest absolute Gasteiger partial charge is 0.261 e. The summed E-state index contributed by atoms with van der Waals surface area (Å²) in [4.78, 5) is 27.3. The topological polar surface area (TPSA) is 58.6 Å². The van der Waals surface area contributed by atoms with Crippen molar-refractivity contribution in [3.63, 3.8) is 0 Å². The van der Waals surface area contributed by atoms with E-state index in [0.717, 1.165) is 11.1 Å². The molecule has 0 saturated heterocycles. The van der Waals surface area contributed by atoms with Crippen molar-refractivity contribution in [3.05, 3.63) is 65.2 Å². The fourth-order valence-electron chi connectivity index (χ4n) is 3.28. The minimum Gasteiger partial charge on any atom is -0.484 e. The van der Waals surface area contributed by atoms with Crippen LogP contribution in [0.4, 0.5) is 0 Å². The molecule has 5 heteroatoms. The Bertz CT molecular complexity index is 813. The molecular formula is C25H34N2O3. The van der Waals surface area contributed by atoms with Crippen molar-refractivity contribution in [3.8, 4) is 5.75 Å². The summed E-state index contributed by atoms with van der Waals surface area (Å²) in [6.07, 6.45) is 0.534. The third kappa shape index (κ3) is 6.61. The Kier molecular flexibility index (Phi) is 8.90. The van der Waals surface area contributed by atoms with Gasteiger partial charge in [-0.3, -0.25) is 9.59 Å². The van der Waals surface area contributed by atoms with Gasteiger partial charge in [-0.25, -0.2) is 0 Å². The maximum Gasteiger partial charge on any atom is 0.261 e. The quantitative estimate of drug-likeness (QED) is 0.630. The third-order valence-electron chi connectivity index (χ3n) is 5.12. The molecule has 2 rings (SSSR count). The average Bonchev–Trinajstić information content (AvgIpc) is 2.73. The number of hydrogen-bond acceptors (Lipinski definition) is 3. The van der Waals surface area contributed by atoms with Crippen molar-refractivity contribution in [1.29, 1.82) is 0 Å². The van der Waals surface area contributed by atoms with E-state index in [1.165, 1.54) is 5.56 Å². The number of benzene rings is 2. The van der Waals surface area contributed by atoms with Gasteiger partial charge in [-0.15, -0.1) is 0 Å². The summed E-state index contributed by atoms with van der Waals surface area (Å²) in [5.74, 6) is 0.741. The van der Waals surface area contributed by atoms with Crippen LogP contribution in [-0.2, 0) is 16.1 Å². The largest absolute Gasteiger partial charge is 0.484 e. The lowest BCUT2D eigenvalue weighted by atomic mass is 10.0. The Labute approximate surface area is 180 Å². The summed E-state index contributed by atoms with van der Waals surface area (Å²) in [6.45, 7) is 10.9. The van der Waals surface area contributed by atoms with E-state index in [2.05, 4.69) is 19.2 Å².